The number of benzene rings is 1. The van der Waals surface area contributed by atoms with Gasteiger partial charge in [-0.1, -0.05) is 12.1 Å². The van der Waals surface area contributed by atoms with E-state index in [1.54, 1.807) is 24.3 Å². The zero-order valence-corrected chi connectivity index (χ0v) is 16.2. The van der Waals surface area contributed by atoms with E-state index in [0.29, 0.717) is 30.8 Å². The number of hydrogen-bond acceptors (Lipinski definition) is 9. The number of carbonyl (C=O) groups is 2. The molecule has 2 aromatic rings. The van der Waals surface area contributed by atoms with Gasteiger partial charge in [0.05, 0.1) is 24.8 Å². The average Bonchev–Trinajstić information content (AvgIpc) is 3.26. The molecule has 4 N–H and O–H groups in total. The molecule has 0 saturated carbocycles. The molecule has 1 aliphatic rings. The molecule has 1 aromatic carbocycles. The molecule has 1 atom stereocenters. The first-order chi connectivity index (χ1) is 14.5. The number of nitrogen functional groups attached to an aromatic ring is 1. The smallest absolute Gasteiger partial charge is 0.284 e. The van der Waals surface area contributed by atoms with Crippen LogP contribution in [0.4, 0.5) is 5.82 Å². The summed E-state index contributed by atoms with van der Waals surface area (Å²) in [7, 11) is 1.44. The Kier molecular flexibility index (Phi) is 6.74. The van der Waals surface area contributed by atoms with Crippen molar-refractivity contribution in [2.75, 3.05) is 32.6 Å². The number of nitrogens with two attached hydrogens (primary N) is 1. The van der Waals surface area contributed by atoms with Crippen molar-refractivity contribution in [1.29, 1.82) is 5.26 Å². The Morgan fingerprint density at radius 3 is 2.93 bits per heavy atom. The largest absolute Gasteiger partial charge is 0.471 e. The van der Waals surface area contributed by atoms with Crippen LogP contribution in [0.5, 0.6) is 5.88 Å². The summed E-state index contributed by atoms with van der Waals surface area (Å²) in [6.45, 7) is 0.491. The molecule has 2 amide bonds. The van der Waals surface area contributed by atoms with Gasteiger partial charge in [-0.2, -0.15) is 10.2 Å². The normalized spacial score (nSPS) is 15.3. The number of hydroxylamine groups is 1. The van der Waals surface area contributed by atoms with Crippen LogP contribution in [0.2, 0.25) is 0 Å². The Hall–Kier alpha value is -3.75. The second-order valence-corrected chi connectivity index (χ2v) is 6.30. The van der Waals surface area contributed by atoms with Gasteiger partial charge in [-0.3, -0.25) is 14.4 Å². The van der Waals surface area contributed by atoms with E-state index in [9.17, 15) is 9.59 Å². The number of ether oxygens (including phenoxy) is 2. The highest BCUT2D eigenvalue weighted by Crippen LogP contribution is 2.28. The van der Waals surface area contributed by atoms with Crippen LogP contribution in [-0.4, -0.2) is 54.8 Å². The van der Waals surface area contributed by atoms with Gasteiger partial charge in [0.1, 0.15) is 17.5 Å². The van der Waals surface area contributed by atoms with Gasteiger partial charge in [0.25, 0.3) is 5.91 Å². The third kappa shape index (κ3) is 4.99. The Bertz CT molecular complexity index is 984. The van der Waals surface area contributed by atoms with Gasteiger partial charge in [-0.15, -0.1) is 0 Å². The number of rotatable bonds is 7. The number of amides is 2. The molecule has 1 aromatic heterocycles. The van der Waals surface area contributed by atoms with E-state index in [2.05, 4.69) is 20.8 Å². The van der Waals surface area contributed by atoms with Crippen LogP contribution in [-0.2, 0) is 14.4 Å². The SMILES string of the molecule is CNC(=O)CONC(=O)c1c(N)nc(-c2cccc(C#N)c2)nc1O[C@H]1CCOC1. The van der Waals surface area contributed by atoms with E-state index in [1.807, 2.05) is 6.07 Å². The molecule has 0 bridgehead atoms. The van der Waals surface area contributed by atoms with Crippen molar-refractivity contribution < 1.29 is 23.9 Å². The lowest BCUT2D eigenvalue weighted by molar-refractivity contribution is -0.126. The van der Waals surface area contributed by atoms with E-state index < -0.39 is 11.8 Å². The summed E-state index contributed by atoms with van der Waals surface area (Å²) in [4.78, 5) is 37.3. The van der Waals surface area contributed by atoms with Gasteiger partial charge >= 0.3 is 0 Å². The first kappa shape index (κ1) is 21.0. The highest BCUT2D eigenvalue weighted by molar-refractivity contribution is 6.00. The van der Waals surface area contributed by atoms with Gasteiger partial charge in [-0.25, -0.2) is 10.5 Å². The maximum absolute atomic E-state index is 12.6. The number of nitrogens with one attached hydrogen (secondary N) is 2. The summed E-state index contributed by atoms with van der Waals surface area (Å²) in [5.41, 5.74) is 9.01. The standard InChI is InChI=1S/C19H20N6O5/c1-22-14(26)10-29-25-18(27)15-16(21)23-17(12-4-2-3-11(7-12)8-20)24-19(15)30-13-5-6-28-9-13/h2-4,7,13H,5-6,9-10H2,1H3,(H,22,26)(H,25,27)(H2,21,23,24)/t13-/m0/s1. The molecule has 0 unspecified atom stereocenters. The molecule has 0 radical (unpaired) electrons. The first-order valence-corrected chi connectivity index (χ1v) is 9.07. The Labute approximate surface area is 172 Å². The number of aromatic nitrogens is 2. The summed E-state index contributed by atoms with van der Waals surface area (Å²) >= 11 is 0. The van der Waals surface area contributed by atoms with Crippen molar-refractivity contribution >= 4 is 17.6 Å². The molecule has 2 heterocycles. The fourth-order valence-corrected chi connectivity index (χ4v) is 2.67. The van der Waals surface area contributed by atoms with Crippen LogP contribution in [0, 0.1) is 11.3 Å². The molecule has 0 aliphatic carbocycles. The van der Waals surface area contributed by atoms with E-state index in [4.69, 9.17) is 25.3 Å². The highest BCUT2D eigenvalue weighted by Gasteiger charge is 2.26. The number of carbonyl (C=O) groups excluding carboxylic acids is 2. The summed E-state index contributed by atoms with van der Waals surface area (Å²) in [6.07, 6.45) is 0.313. The topological polar surface area (TPSA) is 161 Å². The van der Waals surface area contributed by atoms with Gasteiger partial charge in [-0.05, 0) is 12.1 Å². The zero-order valence-electron chi connectivity index (χ0n) is 16.2. The molecule has 1 saturated heterocycles. The summed E-state index contributed by atoms with van der Waals surface area (Å²) < 4.78 is 11.2. The first-order valence-electron chi connectivity index (χ1n) is 9.07. The number of anilines is 1. The van der Waals surface area contributed by atoms with Crippen molar-refractivity contribution in [1.82, 2.24) is 20.8 Å². The molecular formula is C19H20N6O5. The lowest BCUT2D eigenvalue weighted by Gasteiger charge is -2.16. The Morgan fingerprint density at radius 1 is 1.40 bits per heavy atom. The van der Waals surface area contributed by atoms with Crippen LogP contribution < -0.4 is 21.3 Å². The third-order valence-corrected chi connectivity index (χ3v) is 4.19. The molecule has 11 nitrogen and oxygen atoms in total. The number of likely N-dealkylation sites (N-methyl/N-ethyl adjacent to an activating group) is 1. The number of hydrogen-bond donors (Lipinski definition) is 3. The lowest BCUT2D eigenvalue weighted by Crippen LogP contribution is -2.32. The van der Waals surface area contributed by atoms with Gasteiger partial charge < -0.3 is 20.5 Å². The number of nitriles is 1. The van der Waals surface area contributed by atoms with Gasteiger partial charge in [0, 0.05) is 19.0 Å². The monoisotopic (exact) mass is 412 g/mol. The van der Waals surface area contributed by atoms with E-state index in [0.717, 1.165) is 0 Å². The maximum Gasteiger partial charge on any atom is 0.284 e. The van der Waals surface area contributed by atoms with Crippen molar-refractivity contribution in [3.63, 3.8) is 0 Å². The minimum Gasteiger partial charge on any atom is -0.471 e. The second-order valence-electron chi connectivity index (χ2n) is 6.30. The molecule has 0 spiro atoms. The van der Waals surface area contributed by atoms with Crippen LogP contribution >= 0.6 is 0 Å². The summed E-state index contributed by atoms with van der Waals surface area (Å²) in [5, 5.41) is 11.5. The van der Waals surface area contributed by atoms with E-state index in [-0.39, 0.29) is 35.8 Å². The molecule has 1 fully saturated rings. The van der Waals surface area contributed by atoms with Crippen LogP contribution in [0.25, 0.3) is 11.4 Å². The van der Waals surface area contributed by atoms with Crippen molar-refractivity contribution in [3.05, 3.63) is 35.4 Å². The van der Waals surface area contributed by atoms with Crippen LogP contribution in [0.15, 0.2) is 24.3 Å². The third-order valence-electron chi connectivity index (χ3n) is 4.19. The molecular weight excluding hydrogens is 392 g/mol. The van der Waals surface area contributed by atoms with Crippen molar-refractivity contribution in [3.8, 4) is 23.3 Å². The molecule has 30 heavy (non-hydrogen) atoms. The minimum absolute atomic E-state index is 0.0450. The maximum atomic E-state index is 12.6. The van der Waals surface area contributed by atoms with Crippen molar-refractivity contribution in [2.24, 2.45) is 0 Å². The highest BCUT2D eigenvalue weighted by atomic mass is 16.7. The summed E-state index contributed by atoms with van der Waals surface area (Å²) in [5.74, 6) is -1.18. The number of nitrogens with zero attached hydrogens (tertiary/aromatic N) is 3. The van der Waals surface area contributed by atoms with E-state index in [1.165, 1.54) is 7.05 Å². The quantitative estimate of drug-likeness (QED) is 0.538. The minimum atomic E-state index is -0.761. The molecule has 3 rings (SSSR count). The van der Waals surface area contributed by atoms with Gasteiger partial charge in [0.15, 0.2) is 12.4 Å². The Balaban J connectivity index is 1.92. The molecule has 156 valence electrons. The zero-order chi connectivity index (χ0) is 21.5. The van der Waals surface area contributed by atoms with Crippen LogP contribution in [0.3, 0.4) is 0 Å². The second kappa shape index (κ2) is 9.64. The fourth-order valence-electron chi connectivity index (χ4n) is 2.67. The van der Waals surface area contributed by atoms with Gasteiger partial charge in [0.2, 0.25) is 11.8 Å². The lowest BCUT2D eigenvalue weighted by atomic mass is 10.1. The van der Waals surface area contributed by atoms with E-state index >= 15 is 0 Å². The van der Waals surface area contributed by atoms with Crippen molar-refractivity contribution in [2.45, 2.75) is 12.5 Å². The van der Waals surface area contributed by atoms with Crippen LogP contribution in [0.1, 0.15) is 22.3 Å². The summed E-state index contributed by atoms with van der Waals surface area (Å²) in [6, 6.07) is 8.69. The molecule has 1 aliphatic heterocycles. The average molecular weight is 412 g/mol. The predicted octanol–water partition coefficient (Wildman–Crippen LogP) is 0.173. The Morgan fingerprint density at radius 2 is 2.23 bits per heavy atom. The predicted molar refractivity (Wildman–Crippen MR) is 104 cm³/mol. The fraction of sp³-hybridized carbons (Fsp3) is 0.316. The molecule has 11 heteroatoms.